The third-order valence-corrected chi connectivity index (χ3v) is 3.32. The van der Waals surface area contributed by atoms with Crippen LogP contribution in [0.5, 0.6) is 0 Å². The molecule has 0 spiro atoms. The van der Waals surface area contributed by atoms with E-state index in [1.165, 1.54) is 5.56 Å². The van der Waals surface area contributed by atoms with E-state index in [0.717, 1.165) is 12.2 Å². The summed E-state index contributed by atoms with van der Waals surface area (Å²) in [7, 11) is -1.36. The van der Waals surface area contributed by atoms with Crippen molar-refractivity contribution in [1.29, 1.82) is 0 Å². The largest absolute Gasteiger partial charge is 0.488 e. The van der Waals surface area contributed by atoms with E-state index < -0.39 is 7.12 Å². The molecule has 2 nitrogen and oxygen atoms in total. The van der Waals surface area contributed by atoms with E-state index in [4.69, 9.17) is 10.0 Å². The van der Waals surface area contributed by atoms with Crippen LogP contribution in [0, 0.1) is 0 Å². The molecule has 0 saturated heterocycles. The van der Waals surface area contributed by atoms with Crippen molar-refractivity contribution in [2.24, 2.45) is 0 Å². The SMILES string of the molecule is CCSC(C)Cc1ccc(B(O)O)cc1. The van der Waals surface area contributed by atoms with Crippen LogP contribution in [0.3, 0.4) is 0 Å². The predicted molar refractivity (Wildman–Crippen MR) is 67.6 cm³/mol. The Balaban J connectivity index is 2.56. The highest BCUT2D eigenvalue weighted by Crippen LogP contribution is 2.14. The van der Waals surface area contributed by atoms with Gasteiger partial charge in [0.05, 0.1) is 0 Å². The van der Waals surface area contributed by atoms with Gasteiger partial charge in [-0.15, -0.1) is 0 Å². The molecule has 0 saturated carbocycles. The number of thioether (sulfide) groups is 1. The molecule has 0 aliphatic rings. The summed E-state index contributed by atoms with van der Waals surface area (Å²) in [4.78, 5) is 0. The topological polar surface area (TPSA) is 40.5 Å². The lowest BCUT2D eigenvalue weighted by atomic mass is 9.80. The monoisotopic (exact) mass is 224 g/mol. The second kappa shape index (κ2) is 6.21. The Morgan fingerprint density at radius 2 is 1.87 bits per heavy atom. The zero-order chi connectivity index (χ0) is 11.3. The van der Waals surface area contributed by atoms with Crippen molar-refractivity contribution in [1.82, 2.24) is 0 Å². The van der Waals surface area contributed by atoms with Gasteiger partial charge in [0.2, 0.25) is 0 Å². The minimum Gasteiger partial charge on any atom is -0.423 e. The lowest BCUT2D eigenvalue weighted by Crippen LogP contribution is -2.29. The van der Waals surface area contributed by atoms with Crippen molar-refractivity contribution < 1.29 is 10.0 Å². The summed E-state index contributed by atoms with van der Waals surface area (Å²) in [6.45, 7) is 4.37. The lowest BCUT2D eigenvalue weighted by molar-refractivity contribution is 0.426. The second-order valence-corrected chi connectivity index (χ2v) is 5.30. The van der Waals surface area contributed by atoms with Crippen LogP contribution in [0.25, 0.3) is 0 Å². The van der Waals surface area contributed by atoms with Crippen molar-refractivity contribution in [2.75, 3.05) is 5.75 Å². The standard InChI is InChI=1S/C11H17BO2S/c1-3-15-9(2)8-10-4-6-11(7-5-10)12(13)14/h4-7,9,13-14H,3,8H2,1-2H3. The van der Waals surface area contributed by atoms with Gasteiger partial charge in [0.25, 0.3) is 0 Å². The second-order valence-electron chi connectivity index (χ2n) is 3.59. The third kappa shape index (κ3) is 4.28. The van der Waals surface area contributed by atoms with Crippen LogP contribution < -0.4 is 5.46 Å². The summed E-state index contributed by atoms with van der Waals surface area (Å²) in [5.74, 6) is 1.13. The zero-order valence-electron chi connectivity index (χ0n) is 9.18. The van der Waals surface area contributed by atoms with Crippen molar-refractivity contribution in [3.8, 4) is 0 Å². The first-order chi connectivity index (χ1) is 7.13. The maximum Gasteiger partial charge on any atom is 0.488 e. The van der Waals surface area contributed by atoms with Gasteiger partial charge >= 0.3 is 7.12 Å². The first-order valence-electron chi connectivity index (χ1n) is 5.20. The Bertz CT molecular complexity index is 287. The molecule has 1 rings (SSSR count). The van der Waals surface area contributed by atoms with Crippen molar-refractivity contribution in [3.63, 3.8) is 0 Å². The fourth-order valence-electron chi connectivity index (χ4n) is 1.50. The summed E-state index contributed by atoms with van der Waals surface area (Å²) in [6, 6.07) is 7.45. The van der Waals surface area contributed by atoms with Crippen molar-refractivity contribution >= 4 is 24.3 Å². The Labute approximate surface area is 95.9 Å². The molecule has 15 heavy (non-hydrogen) atoms. The van der Waals surface area contributed by atoms with Gasteiger partial charge in [-0.3, -0.25) is 0 Å². The van der Waals surface area contributed by atoms with E-state index in [-0.39, 0.29) is 0 Å². The first kappa shape index (κ1) is 12.6. The highest BCUT2D eigenvalue weighted by Gasteiger charge is 2.10. The minimum atomic E-state index is -1.36. The average molecular weight is 224 g/mol. The summed E-state index contributed by atoms with van der Waals surface area (Å²) in [5, 5.41) is 18.5. The number of rotatable bonds is 5. The smallest absolute Gasteiger partial charge is 0.423 e. The van der Waals surface area contributed by atoms with Gasteiger partial charge in [0.1, 0.15) is 0 Å². The summed E-state index contributed by atoms with van der Waals surface area (Å²) >= 11 is 1.94. The molecule has 1 aromatic carbocycles. The number of hydrogen-bond donors (Lipinski definition) is 2. The predicted octanol–water partition coefficient (Wildman–Crippen LogP) is 1.05. The molecule has 0 radical (unpaired) electrons. The van der Waals surface area contributed by atoms with E-state index in [2.05, 4.69) is 13.8 Å². The Morgan fingerprint density at radius 3 is 2.33 bits per heavy atom. The molecule has 1 unspecified atom stereocenters. The molecule has 0 heterocycles. The van der Waals surface area contributed by atoms with Crippen LogP contribution >= 0.6 is 11.8 Å². The molecule has 1 aromatic rings. The first-order valence-corrected chi connectivity index (χ1v) is 6.25. The van der Waals surface area contributed by atoms with Crippen molar-refractivity contribution in [3.05, 3.63) is 29.8 Å². The minimum absolute atomic E-state index is 0.551. The van der Waals surface area contributed by atoms with Crippen LogP contribution in [0.15, 0.2) is 24.3 Å². The fraction of sp³-hybridized carbons (Fsp3) is 0.455. The quantitative estimate of drug-likeness (QED) is 0.734. The highest BCUT2D eigenvalue weighted by molar-refractivity contribution is 7.99. The lowest BCUT2D eigenvalue weighted by Gasteiger charge is -2.10. The molecular weight excluding hydrogens is 207 g/mol. The van der Waals surface area contributed by atoms with Gasteiger partial charge in [0, 0.05) is 5.25 Å². The molecule has 0 amide bonds. The van der Waals surface area contributed by atoms with Crippen LogP contribution in [0.4, 0.5) is 0 Å². The fourth-order valence-corrected chi connectivity index (χ4v) is 2.38. The Morgan fingerprint density at radius 1 is 1.27 bits per heavy atom. The zero-order valence-corrected chi connectivity index (χ0v) is 10.00. The van der Waals surface area contributed by atoms with Crippen LogP contribution in [-0.2, 0) is 6.42 Å². The van der Waals surface area contributed by atoms with E-state index in [1.807, 2.05) is 23.9 Å². The van der Waals surface area contributed by atoms with Gasteiger partial charge in [0.15, 0.2) is 0 Å². The van der Waals surface area contributed by atoms with Gasteiger partial charge in [-0.1, -0.05) is 38.1 Å². The normalized spacial score (nSPS) is 12.5. The molecule has 0 aliphatic heterocycles. The Hall–Kier alpha value is -0.445. The third-order valence-electron chi connectivity index (χ3n) is 2.25. The van der Waals surface area contributed by atoms with E-state index in [9.17, 15) is 0 Å². The van der Waals surface area contributed by atoms with E-state index in [1.54, 1.807) is 12.1 Å². The van der Waals surface area contributed by atoms with Crippen LogP contribution in [0.2, 0.25) is 0 Å². The Kier molecular flexibility index (Phi) is 5.22. The van der Waals surface area contributed by atoms with Crippen LogP contribution in [-0.4, -0.2) is 28.2 Å². The van der Waals surface area contributed by atoms with E-state index >= 15 is 0 Å². The highest BCUT2D eigenvalue weighted by atomic mass is 32.2. The maximum absolute atomic E-state index is 8.93. The van der Waals surface area contributed by atoms with Crippen LogP contribution in [0.1, 0.15) is 19.4 Å². The molecular formula is C11H17BO2S. The molecule has 0 fully saturated rings. The summed E-state index contributed by atoms with van der Waals surface area (Å²) in [6.07, 6.45) is 1.03. The van der Waals surface area contributed by atoms with Gasteiger partial charge < -0.3 is 10.0 Å². The molecule has 1 atom stereocenters. The number of hydrogen-bond acceptors (Lipinski definition) is 3. The van der Waals surface area contributed by atoms with Gasteiger partial charge in [-0.05, 0) is 23.2 Å². The van der Waals surface area contributed by atoms with Gasteiger partial charge in [-0.2, -0.15) is 11.8 Å². The molecule has 4 heteroatoms. The summed E-state index contributed by atoms with van der Waals surface area (Å²) < 4.78 is 0. The molecule has 0 aromatic heterocycles. The van der Waals surface area contributed by atoms with Crippen molar-refractivity contribution in [2.45, 2.75) is 25.5 Å². The number of benzene rings is 1. The molecule has 2 N–H and O–H groups in total. The molecule has 0 aliphatic carbocycles. The average Bonchev–Trinajstić information content (AvgIpc) is 2.18. The van der Waals surface area contributed by atoms with E-state index in [0.29, 0.717) is 10.7 Å². The van der Waals surface area contributed by atoms with Gasteiger partial charge in [-0.25, -0.2) is 0 Å². The summed E-state index contributed by atoms with van der Waals surface area (Å²) in [5.41, 5.74) is 1.79. The maximum atomic E-state index is 8.93. The molecule has 0 bridgehead atoms. The molecule has 82 valence electrons.